The molecular formula is C14H23NO. The molecule has 0 amide bonds. The number of nitrogens with two attached hydrogens (primary N) is 1. The van der Waals surface area contributed by atoms with Crippen molar-refractivity contribution in [2.24, 2.45) is 11.7 Å². The van der Waals surface area contributed by atoms with Crippen molar-refractivity contribution in [3.8, 4) is 0 Å². The molecule has 16 heavy (non-hydrogen) atoms. The second kappa shape index (κ2) is 6.02. The van der Waals surface area contributed by atoms with Crippen LogP contribution >= 0.6 is 0 Å². The van der Waals surface area contributed by atoms with Gasteiger partial charge in [0.15, 0.2) is 0 Å². The third-order valence-electron chi connectivity index (χ3n) is 2.49. The van der Waals surface area contributed by atoms with Crippen LogP contribution < -0.4 is 5.73 Å². The molecule has 1 rings (SSSR count). The molecule has 0 aliphatic rings. The Morgan fingerprint density at radius 3 is 2.12 bits per heavy atom. The molecule has 90 valence electrons. The average molecular weight is 221 g/mol. The molecule has 0 aliphatic carbocycles. The van der Waals surface area contributed by atoms with Gasteiger partial charge in [-0.2, -0.15) is 0 Å². The normalized spacial score (nSPS) is 15.1. The maximum absolute atomic E-state index is 5.97. The fraction of sp³-hybridized carbons (Fsp3) is 0.571. The van der Waals surface area contributed by atoms with E-state index in [1.807, 2.05) is 6.92 Å². The lowest BCUT2D eigenvalue weighted by atomic mass is 10.0. The molecule has 0 fully saturated rings. The Labute approximate surface area is 98.8 Å². The number of rotatable bonds is 5. The van der Waals surface area contributed by atoms with Crippen molar-refractivity contribution >= 4 is 0 Å². The number of benzene rings is 1. The molecule has 1 aromatic carbocycles. The van der Waals surface area contributed by atoms with Gasteiger partial charge in [-0.1, -0.05) is 43.7 Å². The van der Waals surface area contributed by atoms with E-state index in [1.165, 1.54) is 11.1 Å². The number of ether oxygens (including phenoxy) is 1. The molecule has 2 N–H and O–H groups in total. The van der Waals surface area contributed by atoms with Crippen LogP contribution in [-0.4, -0.2) is 12.6 Å². The Balaban J connectivity index is 2.73. The van der Waals surface area contributed by atoms with E-state index >= 15 is 0 Å². The largest absolute Gasteiger partial charge is 0.372 e. The minimum atomic E-state index is 0.00278. The predicted molar refractivity (Wildman–Crippen MR) is 68.4 cm³/mol. The summed E-state index contributed by atoms with van der Waals surface area (Å²) in [7, 11) is 0. The lowest BCUT2D eigenvalue weighted by molar-refractivity contribution is 0.0221. The van der Waals surface area contributed by atoms with Gasteiger partial charge in [0, 0.05) is 12.6 Å². The predicted octanol–water partition coefficient (Wildman–Crippen LogP) is 3.06. The van der Waals surface area contributed by atoms with E-state index in [-0.39, 0.29) is 12.1 Å². The highest BCUT2D eigenvalue weighted by Gasteiger charge is 2.16. The van der Waals surface area contributed by atoms with Crippen molar-refractivity contribution in [2.75, 3.05) is 6.61 Å². The van der Waals surface area contributed by atoms with Crippen LogP contribution in [0.4, 0.5) is 0 Å². The third kappa shape index (κ3) is 3.95. The van der Waals surface area contributed by atoms with E-state index in [2.05, 4.69) is 45.0 Å². The van der Waals surface area contributed by atoms with Gasteiger partial charge in [0.05, 0.1) is 6.10 Å². The average Bonchev–Trinajstić information content (AvgIpc) is 2.20. The Kier molecular flexibility index (Phi) is 4.97. The maximum atomic E-state index is 5.97. The standard InChI is InChI=1S/C14H23NO/c1-10(2)9-16-14(12(4)15)13-7-5-11(3)6-8-13/h5-8,10,12,14H,9,15H2,1-4H3. The highest BCUT2D eigenvalue weighted by molar-refractivity contribution is 5.24. The molecule has 0 heterocycles. The Morgan fingerprint density at radius 1 is 1.12 bits per heavy atom. The quantitative estimate of drug-likeness (QED) is 0.829. The molecule has 2 heteroatoms. The van der Waals surface area contributed by atoms with Gasteiger partial charge in [-0.05, 0) is 25.3 Å². The van der Waals surface area contributed by atoms with Crippen molar-refractivity contribution in [1.82, 2.24) is 0 Å². The van der Waals surface area contributed by atoms with Gasteiger partial charge in [0.25, 0.3) is 0 Å². The van der Waals surface area contributed by atoms with E-state index < -0.39 is 0 Å². The fourth-order valence-corrected chi connectivity index (χ4v) is 1.60. The number of aryl methyl sites for hydroxylation is 1. The van der Waals surface area contributed by atoms with Gasteiger partial charge in [-0.25, -0.2) is 0 Å². The zero-order valence-electron chi connectivity index (χ0n) is 10.7. The van der Waals surface area contributed by atoms with Gasteiger partial charge < -0.3 is 10.5 Å². The lowest BCUT2D eigenvalue weighted by Gasteiger charge is -2.23. The smallest absolute Gasteiger partial charge is 0.0973 e. The van der Waals surface area contributed by atoms with Gasteiger partial charge in [0.2, 0.25) is 0 Å². The summed E-state index contributed by atoms with van der Waals surface area (Å²) in [5, 5.41) is 0. The van der Waals surface area contributed by atoms with Crippen molar-refractivity contribution in [3.63, 3.8) is 0 Å². The topological polar surface area (TPSA) is 35.2 Å². The molecule has 1 aromatic rings. The van der Waals surface area contributed by atoms with Crippen LogP contribution in [0.3, 0.4) is 0 Å². The minimum absolute atomic E-state index is 0.00278. The summed E-state index contributed by atoms with van der Waals surface area (Å²) in [5.74, 6) is 0.534. The number of hydrogen-bond donors (Lipinski definition) is 1. The zero-order chi connectivity index (χ0) is 12.1. The third-order valence-corrected chi connectivity index (χ3v) is 2.49. The Morgan fingerprint density at radius 2 is 1.69 bits per heavy atom. The first-order chi connectivity index (χ1) is 7.50. The fourth-order valence-electron chi connectivity index (χ4n) is 1.60. The molecule has 0 radical (unpaired) electrons. The summed E-state index contributed by atoms with van der Waals surface area (Å²) in [5.41, 5.74) is 8.40. The van der Waals surface area contributed by atoms with Crippen LogP contribution in [0.1, 0.15) is 38.0 Å². The van der Waals surface area contributed by atoms with Crippen LogP contribution in [0, 0.1) is 12.8 Å². The van der Waals surface area contributed by atoms with E-state index in [4.69, 9.17) is 10.5 Å². The van der Waals surface area contributed by atoms with E-state index in [1.54, 1.807) is 0 Å². The second-order valence-corrected chi connectivity index (χ2v) is 4.92. The summed E-state index contributed by atoms with van der Waals surface area (Å²) < 4.78 is 5.87. The number of hydrogen-bond acceptors (Lipinski definition) is 2. The molecular weight excluding hydrogens is 198 g/mol. The van der Waals surface area contributed by atoms with Crippen LogP contribution in [-0.2, 0) is 4.74 Å². The first kappa shape index (κ1) is 13.2. The summed E-state index contributed by atoms with van der Waals surface area (Å²) in [6.45, 7) is 9.12. The molecule has 2 atom stereocenters. The van der Waals surface area contributed by atoms with Crippen LogP contribution in [0.5, 0.6) is 0 Å². The summed E-state index contributed by atoms with van der Waals surface area (Å²) in [4.78, 5) is 0. The SMILES string of the molecule is Cc1ccc(C(OCC(C)C)C(C)N)cc1. The van der Waals surface area contributed by atoms with Gasteiger partial charge in [-0.3, -0.25) is 0 Å². The monoisotopic (exact) mass is 221 g/mol. The van der Waals surface area contributed by atoms with E-state index in [0.29, 0.717) is 5.92 Å². The van der Waals surface area contributed by atoms with Crippen molar-refractivity contribution in [2.45, 2.75) is 39.8 Å². The molecule has 2 nitrogen and oxygen atoms in total. The molecule has 0 spiro atoms. The Hall–Kier alpha value is -0.860. The highest BCUT2D eigenvalue weighted by Crippen LogP contribution is 2.21. The summed E-state index contributed by atoms with van der Waals surface area (Å²) >= 11 is 0. The second-order valence-electron chi connectivity index (χ2n) is 4.92. The molecule has 0 aliphatic heterocycles. The molecule has 2 unspecified atom stereocenters. The zero-order valence-corrected chi connectivity index (χ0v) is 10.7. The lowest BCUT2D eigenvalue weighted by Crippen LogP contribution is -2.28. The van der Waals surface area contributed by atoms with Crippen LogP contribution in [0.15, 0.2) is 24.3 Å². The first-order valence-electron chi connectivity index (χ1n) is 5.94. The van der Waals surface area contributed by atoms with Crippen LogP contribution in [0.25, 0.3) is 0 Å². The molecule has 0 aromatic heterocycles. The highest BCUT2D eigenvalue weighted by atomic mass is 16.5. The summed E-state index contributed by atoms with van der Waals surface area (Å²) in [6, 6.07) is 8.42. The van der Waals surface area contributed by atoms with Gasteiger partial charge >= 0.3 is 0 Å². The van der Waals surface area contributed by atoms with Gasteiger partial charge in [-0.15, -0.1) is 0 Å². The molecule has 0 bridgehead atoms. The minimum Gasteiger partial charge on any atom is -0.372 e. The molecule has 0 saturated heterocycles. The van der Waals surface area contributed by atoms with Crippen LogP contribution in [0.2, 0.25) is 0 Å². The van der Waals surface area contributed by atoms with Crippen molar-refractivity contribution < 1.29 is 4.74 Å². The Bertz CT molecular complexity index is 303. The molecule has 0 saturated carbocycles. The van der Waals surface area contributed by atoms with Crippen molar-refractivity contribution in [1.29, 1.82) is 0 Å². The maximum Gasteiger partial charge on any atom is 0.0973 e. The van der Waals surface area contributed by atoms with E-state index in [9.17, 15) is 0 Å². The summed E-state index contributed by atoms with van der Waals surface area (Å²) in [6.07, 6.45) is 0.00278. The van der Waals surface area contributed by atoms with E-state index in [0.717, 1.165) is 6.61 Å². The first-order valence-corrected chi connectivity index (χ1v) is 5.94. The van der Waals surface area contributed by atoms with Crippen molar-refractivity contribution in [3.05, 3.63) is 35.4 Å². The van der Waals surface area contributed by atoms with Gasteiger partial charge in [0.1, 0.15) is 0 Å².